The molecule has 0 bridgehead atoms. The summed E-state index contributed by atoms with van der Waals surface area (Å²) < 4.78 is 0.937. The highest BCUT2D eigenvalue weighted by Crippen LogP contribution is 2.36. The van der Waals surface area contributed by atoms with Crippen molar-refractivity contribution >= 4 is 27.5 Å². The molecule has 0 aliphatic heterocycles. The molecule has 3 N–H and O–H groups in total. The first-order valence-corrected chi connectivity index (χ1v) is 7.60. The van der Waals surface area contributed by atoms with Crippen LogP contribution in [0.2, 0.25) is 5.02 Å². The van der Waals surface area contributed by atoms with Crippen LogP contribution in [0.5, 0.6) is 0 Å². The molecule has 0 fully saturated rings. The quantitative estimate of drug-likeness (QED) is 0.865. The van der Waals surface area contributed by atoms with Crippen LogP contribution in [0.4, 0.5) is 0 Å². The molecule has 0 aliphatic rings. The fraction of sp³-hybridized carbons (Fsp3) is 0.250. The minimum Gasteiger partial charge on any atom is -0.388 e. The van der Waals surface area contributed by atoms with Gasteiger partial charge in [0, 0.05) is 22.0 Å². The second-order valence-corrected chi connectivity index (χ2v) is 6.13. The summed E-state index contributed by atoms with van der Waals surface area (Å²) in [5.74, 6) is -0.225. The second-order valence-electron chi connectivity index (χ2n) is 4.81. The van der Waals surface area contributed by atoms with Gasteiger partial charge in [-0.15, -0.1) is 0 Å². The van der Waals surface area contributed by atoms with Gasteiger partial charge in [0.2, 0.25) is 0 Å². The van der Waals surface area contributed by atoms with E-state index < -0.39 is 6.10 Å². The predicted octanol–water partition coefficient (Wildman–Crippen LogP) is 4.19. The third-order valence-corrected chi connectivity index (χ3v) is 4.34. The average molecular weight is 355 g/mol. The number of benzene rings is 2. The molecular formula is C16H17BrClNO. The summed E-state index contributed by atoms with van der Waals surface area (Å²) in [6.45, 7) is 2.31. The lowest BCUT2D eigenvalue weighted by Crippen LogP contribution is -2.21. The molecule has 2 aromatic rings. The zero-order valence-corrected chi connectivity index (χ0v) is 13.5. The van der Waals surface area contributed by atoms with Crippen molar-refractivity contribution in [1.29, 1.82) is 0 Å². The fourth-order valence-electron chi connectivity index (χ4n) is 2.35. The standard InChI is InChI=1S/C16H17BrClNO/c1-10-6-7-11(17)8-13(10)16(20)14(9-19)12-4-2-3-5-15(12)18/h2-8,14,16,20H,9,19H2,1H3. The molecule has 0 aliphatic carbocycles. The Labute approximate surface area is 132 Å². The summed E-state index contributed by atoms with van der Waals surface area (Å²) in [6.07, 6.45) is -0.683. The highest BCUT2D eigenvalue weighted by molar-refractivity contribution is 9.10. The molecule has 2 nitrogen and oxygen atoms in total. The van der Waals surface area contributed by atoms with Crippen molar-refractivity contribution in [3.8, 4) is 0 Å². The van der Waals surface area contributed by atoms with Gasteiger partial charge in [-0.3, -0.25) is 0 Å². The van der Waals surface area contributed by atoms with Gasteiger partial charge in [-0.05, 0) is 41.8 Å². The van der Waals surface area contributed by atoms with Gasteiger partial charge in [0.05, 0.1) is 6.10 Å². The highest BCUT2D eigenvalue weighted by atomic mass is 79.9. The molecule has 2 unspecified atom stereocenters. The summed E-state index contributed by atoms with van der Waals surface area (Å²) >= 11 is 9.66. The second kappa shape index (κ2) is 6.72. The summed E-state index contributed by atoms with van der Waals surface area (Å²) in [6, 6.07) is 13.4. The molecule has 0 saturated carbocycles. The highest BCUT2D eigenvalue weighted by Gasteiger charge is 2.24. The van der Waals surface area contributed by atoms with E-state index in [4.69, 9.17) is 17.3 Å². The van der Waals surface area contributed by atoms with E-state index in [0.717, 1.165) is 21.2 Å². The molecule has 0 amide bonds. The number of hydrogen-bond donors (Lipinski definition) is 2. The number of halogens is 2. The first kappa shape index (κ1) is 15.5. The van der Waals surface area contributed by atoms with Crippen molar-refractivity contribution in [2.24, 2.45) is 5.73 Å². The summed E-state index contributed by atoms with van der Waals surface area (Å²) in [4.78, 5) is 0. The van der Waals surface area contributed by atoms with Crippen LogP contribution in [0.15, 0.2) is 46.9 Å². The SMILES string of the molecule is Cc1ccc(Br)cc1C(O)C(CN)c1ccccc1Cl. The minimum absolute atomic E-state index is 0.225. The van der Waals surface area contributed by atoms with Crippen molar-refractivity contribution in [2.45, 2.75) is 18.9 Å². The Morgan fingerprint density at radius 2 is 1.90 bits per heavy atom. The molecular weight excluding hydrogens is 338 g/mol. The molecule has 0 aromatic heterocycles. The van der Waals surface area contributed by atoms with Crippen LogP contribution in [0.1, 0.15) is 28.7 Å². The van der Waals surface area contributed by atoms with Crippen LogP contribution in [0.25, 0.3) is 0 Å². The van der Waals surface area contributed by atoms with E-state index >= 15 is 0 Å². The average Bonchev–Trinajstić information content (AvgIpc) is 2.44. The lowest BCUT2D eigenvalue weighted by atomic mass is 9.87. The largest absolute Gasteiger partial charge is 0.388 e. The zero-order chi connectivity index (χ0) is 14.7. The van der Waals surface area contributed by atoms with Crippen LogP contribution in [-0.2, 0) is 0 Å². The first-order valence-electron chi connectivity index (χ1n) is 6.43. The zero-order valence-electron chi connectivity index (χ0n) is 11.2. The van der Waals surface area contributed by atoms with Crippen molar-refractivity contribution in [2.75, 3.05) is 6.54 Å². The number of rotatable bonds is 4. The number of aliphatic hydroxyl groups excluding tert-OH is 1. The van der Waals surface area contributed by atoms with E-state index in [0.29, 0.717) is 11.6 Å². The Morgan fingerprint density at radius 3 is 2.55 bits per heavy atom. The van der Waals surface area contributed by atoms with E-state index in [1.807, 2.05) is 49.4 Å². The van der Waals surface area contributed by atoms with Crippen LogP contribution in [-0.4, -0.2) is 11.7 Å². The summed E-state index contributed by atoms with van der Waals surface area (Å²) in [5, 5.41) is 11.3. The van der Waals surface area contributed by atoms with Gasteiger partial charge >= 0.3 is 0 Å². The van der Waals surface area contributed by atoms with Crippen molar-refractivity contribution in [1.82, 2.24) is 0 Å². The third-order valence-electron chi connectivity index (χ3n) is 3.50. The molecule has 0 spiro atoms. The first-order chi connectivity index (χ1) is 9.54. The lowest BCUT2D eigenvalue weighted by molar-refractivity contribution is 0.146. The fourth-order valence-corrected chi connectivity index (χ4v) is 3.00. The Balaban J connectivity index is 2.41. The molecule has 4 heteroatoms. The number of hydrogen-bond acceptors (Lipinski definition) is 2. The van der Waals surface area contributed by atoms with E-state index in [2.05, 4.69) is 15.9 Å². The van der Waals surface area contributed by atoms with Crippen LogP contribution >= 0.6 is 27.5 Å². The molecule has 106 valence electrons. The summed E-state index contributed by atoms with van der Waals surface area (Å²) in [5.41, 5.74) is 8.65. The minimum atomic E-state index is -0.683. The monoisotopic (exact) mass is 353 g/mol. The molecule has 2 aromatic carbocycles. The van der Waals surface area contributed by atoms with Gasteiger partial charge < -0.3 is 10.8 Å². The molecule has 2 rings (SSSR count). The Morgan fingerprint density at radius 1 is 1.20 bits per heavy atom. The van der Waals surface area contributed by atoms with Crippen LogP contribution in [0.3, 0.4) is 0 Å². The summed E-state index contributed by atoms with van der Waals surface area (Å²) in [7, 11) is 0. The maximum Gasteiger partial charge on any atom is 0.0874 e. The molecule has 0 heterocycles. The van der Waals surface area contributed by atoms with Crippen molar-refractivity contribution in [3.05, 3.63) is 68.7 Å². The van der Waals surface area contributed by atoms with E-state index in [1.165, 1.54) is 0 Å². The number of aliphatic hydroxyl groups is 1. The molecule has 0 radical (unpaired) electrons. The Kier molecular flexibility index (Phi) is 5.22. The van der Waals surface area contributed by atoms with Crippen molar-refractivity contribution in [3.63, 3.8) is 0 Å². The normalized spacial score (nSPS) is 14.1. The van der Waals surface area contributed by atoms with Crippen LogP contribution < -0.4 is 5.73 Å². The number of aryl methyl sites for hydroxylation is 1. The van der Waals surface area contributed by atoms with Gasteiger partial charge in [0.15, 0.2) is 0 Å². The number of nitrogens with two attached hydrogens (primary N) is 1. The predicted molar refractivity (Wildman–Crippen MR) is 87.1 cm³/mol. The van der Waals surface area contributed by atoms with Crippen molar-refractivity contribution < 1.29 is 5.11 Å². The Hall–Kier alpha value is -0.870. The van der Waals surface area contributed by atoms with Crippen LogP contribution in [0, 0.1) is 6.92 Å². The smallest absolute Gasteiger partial charge is 0.0874 e. The van der Waals surface area contributed by atoms with Gasteiger partial charge in [-0.2, -0.15) is 0 Å². The van der Waals surface area contributed by atoms with E-state index in [-0.39, 0.29) is 5.92 Å². The van der Waals surface area contributed by atoms with Gasteiger partial charge in [0.1, 0.15) is 0 Å². The van der Waals surface area contributed by atoms with Gasteiger partial charge in [-0.25, -0.2) is 0 Å². The maximum absolute atomic E-state index is 10.7. The van der Waals surface area contributed by atoms with Gasteiger partial charge in [-0.1, -0.05) is 51.8 Å². The lowest BCUT2D eigenvalue weighted by Gasteiger charge is -2.24. The van der Waals surface area contributed by atoms with Gasteiger partial charge in [0.25, 0.3) is 0 Å². The van der Waals surface area contributed by atoms with E-state index in [9.17, 15) is 5.11 Å². The van der Waals surface area contributed by atoms with E-state index in [1.54, 1.807) is 0 Å². The third kappa shape index (κ3) is 3.23. The topological polar surface area (TPSA) is 46.2 Å². The Bertz CT molecular complexity index is 603. The molecule has 0 saturated heterocycles. The molecule has 20 heavy (non-hydrogen) atoms. The maximum atomic E-state index is 10.7. The molecule has 2 atom stereocenters.